The highest BCUT2D eigenvalue weighted by atomic mass is 32.2. The van der Waals surface area contributed by atoms with Gasteiger partial charge in [-0.15, -0.1) is 0 Å². The molecule has 0 aromatic rings. The summed E-state index contributed by atoms with van der Waals surface area (Å²) in [4.78, 5) is 11.2. The third kappa shape index (κ3) is 8.63. The van der Waals surface area contributed by atoms with Gasteiger partial charge in [-0.1, -0.05) is 13.8 Å². The normalized spacial score (nSPS) is 11.8. The maximum absolute atomic E-state index is 11.2. The van der Waals surface area contributed by atoms with Crippen LogP contribution in [0.4, 0.5) is 0 Å². The lowest BCUT2D eigenvalue weighted by Gasteiger charge is -2.08. The summed E-state index contributed by atoms with van der Waals surface area (Å²) in [5.41, 5.74) is 0. The fourth-order valence-corrected chi connectivity index (χ4v) is 1.56. The van der Waals surface area contributed by atoms with Gasteiger partial charge >= 0.3 is 0 Å². The number of hydrogen-bond donors (Lipinski definition) is 3. The van der Waals surface area contributed by atoms with Crippen LogP contribution in [0.3, 0.4) is 0 Å². The third-order valence-electron chi connectivity index (χ3n) is 1.91. The van der Waals surface area contributed by atoms with E-state index in [1.54, 1.807) is 0 Å². The fourth-order valence-electron chi connectivity index (χ4n) is 0.990. The zero-order chi connectivity index (χ0) is 12.6. The topological polar surface area (TPSA) is 87.3 Å². The molecule has 0 heterocycles. The van der Waals surface area contributed by atoms with Crippen LogP contribution in [0.2, 0.25) is 0 Å². The highest BCUT2D eigenvalue weighted by Gasteiger charge is 2.07. The molecule has 96 valence electrons. The average Bonchev–Trinajstić information content (AvgIpc) is 2.17. The van der Waals surface area contributed by atoms with E-state index in [0.717, 1.165) is 0 Å². The molecule has 0 unspecified atom stereocenters. The molecule has 1 amide bonds. The SMILES string of the molecule is CNS(=O)(=O)CCNC(=O)CCNC(C)C. The molecule has 0 bridgehead atoms. The number of sulfonamides is 1. The van der Waals surface area contributed by atoms with Gasteiger partial charge in [0, 0.05) is 25.6 Å². The first-order valence-corrected chi connectivity index (χ1v) is 6.94. The van der Waals surface area contributed by atoms with Crippen LogP contribution in [-0.2, 0) is 14.8 Å². The van der Waals surface area contributed by atoms with Crippen molar-refractivity contribution in [3.8, 4) is 0 Å². The van der Waals surface area contributed by atoms with Gasteiger partial charge in [0.15, 0.2) is 0 Å². The Kier molecular flexibility index (Phi) is 7.27. The molecule has 3 N–H and O–H groups in total. The minimum Gasteiger partial charge on any atom is -0.355 e. The Balaban J connectivity index is 3.59. The van der Waals surface area contributed by atoms with Crippen molar-refractivity contribution in [3.05, 3.63) is 0 Å². The van der Waals surface area contributed by atoms with Crippen LogP contribution in [0.1, 0.15) is 20.3 Å². The Morgan fingerprint density at radius 1 is 1.25 bits per heavy atom. The average molecular weight is 251 g/mol. The molecule has 6 nitrogen and oxygen atoms in total. The number of carbonyl (C=O) groups excluding carboxylic acids is 1. The Bertz CT molecular complexity index is 301. The van der Waals surface area contributed by atoms with Gasteiger partial charge in [-0.25, -0.2) is 13.1 Å². The molecule has 0 fully saturated rings. The van der Waals surface area contributed by atoms with Gasteiger partial charge in [0.25, 0.3) is 0 Å². The first-order valence-electron chi connectivity index (χ1n) is 5.28. The Hall–Kier alpha value is -0.660. The molecule has 0 aliphatic carbocycles. The maximum atomic E-state index is 11.2. The van der Waals surface area contributed by atoms with Gasteiger partial charge in [0.1, 0.15) is 0 Å². The second-order valence-electron chi connectivity index (χ2n) is 3.73. The van der Waals surface area contributed by atoms with E-state index >= 15 is 0 Å². The van der Waals surface area contributed by atoms with Gasteiger partial charge in [-0.05, 0) is 7.05 Å². The molecule has 0 aliphatic heterocycles. The Morgan fingerprint density at radius 3 is 2.38 bits per heavy atom. The largest absolute Gasteiger partial charge is 0.355 e. The predicted octanol–water partition coefficient (Wildman–Crippen LogP) is -0.960. The van der Waals surface area contributed by atoms with E-state index in [0.29, 0.717) is 19.0 Å². The van der Waals surface area contributed by atoms with Crippen molar-refractivity contribution in [1.82, 2.24) is 15.4 Å². The quantitative estimate of drug-likeness (QED) is 0.518. The van der Waals surface area contributed by atoms with Crippen LogP contribution >= 0.6 is 0 Å². The van der Waals surface area contributed by atoms with Crippen LogP contribution in [-0.4, -0.2) is 46.3 Å². The predicted molar refractivity (Wildman–Crippen MR) is 63.6 cm³/mol. The van der Waals surface area contributed by atoms with E-state index in [1.165, 1.54) is 7.05 Å². The van der Waals surface area contributed by atoms with Crippen molar-refractivity contribution < 1.29 is 13.2 Å². The van der Waals surface area contributed by atoms with Crippen LogP contribution in [0, 0.1) is 0 Å². The van der Waals surface area contributed by atoms with Crippen LogP contribution in [0.25, 0.3) is 0 Å². The summed E-state index contributed by atoms with van der Waals surface area (Å²) < 4.78 is 24.2. The highest BCUT2D eigenvalue weighted by Crippen LogP contribution is 1.83. The number of carbonyl (C=O) groups is 1. The third-order valence-corrected chi connectivity index (χ3v) is 3.27. The lowest BCUT2D eigenvalue weighted by atomic mass is 10.3. The molecule has 16 heavy (non-hydrogen) atoms. The molecule has 0 aliphatic rings. The van der Waals surface area contributed by atoms with E-state index in [1.807, 2.05) is 13.8 Å². The summed E-state index contributed by atoms with van der Waals surface area (Å²) in [7, 11) is -1.88. The van der Waals surface area contributed by atoms with Gasteiger partial charge in [0.2, 0.25) is 15.9 Å². The standard InChI is InChI=1S/C9H21N3O3S/c1-8(2)11-5-4-9(13)12-6-7-16(14,15)10-3/h8,10-11H,4-7H2,1-3H3,(H,12,13). The lowest BCUT2D eigenvalue weighted by Crippen LogP contribution is -2.35. The molecule has 0 saturated carbocycles. The van der Waals surface area contributed by atoms with Crippen LogP contribution < -0.4 is 15.4 Å². The molecule has 0 aromatic carbocycles. The van der Waals surface area contributed by atoms with E-state index < -0.39 is 10.0 Å². The Labute approximate surface area is 97.2 Å². The zero-order valence-electron chi connectivity index (χ0n) is 10.0. The van der Waals surface area contributed by atoms with E-state index in [4.69, 9.17) is 0 Å². The lowest BCUT2D eigenvalue weighted by molar-refractivity contribution is -0.120. The zero-order valence-corrected chi connectivity index (χ0v) is 10.9. The van der Waals surface area contributed by atoms with Gasteiger partial charge < -0.3 is 10.6 Å². The van der Waals surface area contributed by atoms with E-state index in [9.17, 15) is 13.2 Å². The van der Waals surface area contributed by atoms with Crippen molar-refractivity contribution >= 4 is 15.9 Å². The second kappa shape index (κ2) is 7.59. The molecule has 0 saturated heterocycles. The number of nitrogens with one attached hydrogen (secondary N) is 3. The molecule has 0 atom stereocenters. The van der Waals surface area contributed by atoms with Crippen molar-refractivity contribution in [3.63, 3.8) is 0 Å². The molecule has 0 radical (unpaired) electrons. The minimum absolute atomic E-state index is 0.0904. The molecular weight excluding hydrogens is 230 g/mol. The summed E-state index contributed by atoms with van der Waals surface area (Å²) in [6.45, 7) is 4.74. The molecule has 7 heteroatoms. The van der Waals surface area contributed by atoms with E-state index in [2.05, 4.69) is 15.4 Å². The molecule has 0 aromatic heterocycles. The fraction of sp³-hybridized carbons (Fsp3) is 0.889. The molecule has 0 spiro atoms. The minimum atomic E-state index is -3.23. The summed E-state index contributed by atoms with van der Waals surface area (Å²) in [6, 6.07) is 0.345. The number of hydrogen-bond acceptors (Lipinski definition) is 4. The summed E-state index contributed by atoms with van der Waals surface area (Å²) >= 11 is 0. The van der Waals surface area contributed by atoms with Crippen molar-refractivity contribution in [1.29, 1.82) is 0 Å². The van der Waals surface area contributed by atoms with Crippen LogP contribution in [0.5, 0.6) is 0 Å². The van der Waals surface area contributed by atoms with Gasteiger partial charge in [-0.3, -0.25) is 4.79 Å². The second-order valence-corrected chi connectivity index (χ2v) is 5.78. The van der Waals surface area contributed by atoms with Gasteiger partial charge in [-0.2, -0.15) is 0 Å². The summed E-state index contributed by atoms with van der Waals surface area (Å²) in [6.07, 6.45) is 0.359. The van der Waals surface area contributed by atoms with Crippen molar-refractivity contribution in [2.75, 3.05) is 25.9 Å². The smallest absolute Gasteiger partial charge is 0.221 e. The van der Waals surface area contributed by atoms with E-state index in [-0.39, 0.29) is 18.2 Å². The number of rotatable bonds is 8. The molecular formula is C9H21N3O3S. The molecule has 0 rings (SSSR count). The highest BCUT2D eigenvalue weighted by molar-refractivity contribution is 7.89. The summed E-state index contributed by atoms with van der Waals surface area (Å²) in [5.74, 6) is -0.230. The first kappa shape index (κ1) is 15.3. The van der Waals surface area contributed by atoms with Crippen molar-refractivity contribution in [2.45, 2.75) is 26.3 Å². The monoisotopic (exact) mass is 251 g/mol. The number of amides is 1. The Morgan fingerprint density at radius 2 is 1.88 bits per heavy atom. The van der Waals surface area contributed by atoms with Gasteiger partial charge in [0.05, 0.1) is 5.75 Å². The van der Waals surface area contributed by atoms with Crippen LogP contribution in [0.15, 0.2) is 0 Å². The first-order chi connectivity index (χ1) is 7.37. The van der Waals surface area contributed by atoms with Crippen molar-refractivity contribution in [2.24, 2.45) is 0 Å². The maximum Gasteiger partial charge on any atom is 0.221 e. The summed E-state index contributed by atoms with van der Waals surface area (Å²) in [5, 5.41) is 5.65.